The van der Waals surface area contributed by atoms with E-state index >= 15 is 0 Å². The Labute approximate surface area is 95.4 Å². The second kappa shape index (κ2) is 4.86. The van der Waals surface area contributed by atoms with Gasteiger partial charge in [0.15, 0.2) is 0 Å². The molecule has 0 spiro atoms. The van der Waals surface area contributed by atoms with Gasteiger partial charge in [0.2, 0.25) is 0 Å². The SMILES string of the molecule is CCc1nccc(-c2cccc(CN)c2)n1. The molecule has 0 saturated heterocycles. The third-order valence-electron chi connectivity index (χ3n) is 2.48. The summed E-state index contributed by atoms with van der Waals surface area (Å²) in [6.45, 7) is 2.61. The summed E-state index contributed by atoms with van der Waals surface area (Å²) in [5.74, 6) is 0.871. The van der Waals surface area contributed by atoms with Crippen molar-refractivity contribution in [3.8, 4) is 11.3 Å². The Morgan fingerprint density at radius 1 is 1.25 bits per heavy atom. The predicted octanol–water partition coefficient (Wildman–Crippen LogP) is 2.16. The van der Waals surface area contributed by atoms with Gasteiger partial charge in [-0.15, -0.1) is 0 Å². The Morgan fingerprint density at radius 2 is 2.12 bits per heavy atom. The average Bonchev–Trinajstić information content (AvgIpc) is 2.39. The molecule has 0 saturated carbocycles. The Bertz CT molecular complexity index is 435. The molecule has 1 heterocycles. The molecule has 0 amide bonds. The maximum atomic E-state index is 5.62. The molecule has 3 nitrogen and oxygen atoms in total. The zero-order valence-corrected chi connectivity index (χ0v) is 9.35. The third kappa shape index (κ3) is 2.25. The highest BCUT2D eigenvalue weighted by molar-refractivity contribution is 5.59. The van der Waals surface area contributed by atoms with E-state index in [-0.39, 0.29) is 0 Å². The fourth-order valence-corrected chi connectivity index (χ4v) is 1.59. The van der Waals surface area contributed by atoms with Gasteiger partial charge in [-0.3, -0.25) is 0 Å². The number of hydrogen-bond acceptors (Lipinski definition) is 3. The lowest BCUT2D eigenvalue weighted by Gasteiger charge is -2.04. The van der Waals surface area contributed by atoms with E-state index in [0.717, 1.165) is 29.1 Å². The number of hydrogen-bond donors (Lipinski definition) is 1. The van der Waals surface area contributed by atoms with Crippen LogP contribution in [0.5, 0.6) is 0 Å². The number of aromatic nitrogens is 2. The molecule has 82 valence electrons. The van der Waals surface area contributed by atoms with Crippen molar-refractivity contribution < 1.29 is 0 Å². The van der Waals surface area contributed by atoms with Gasteiger partial charge in [-0.25, -0.2) is 9.97 Å². The molecule has 1 aromatic heterocycles. The van der Waals surface area contributed by atoms with Crippen molar-refractivity contribution in [3.05, 3.63) is 47.9 Å². The van der Waals surface area contributed by atoms with Crippen molar-refractivity contribution >= 4 is 0 Å². The molecule has 2 rings (SSSR count). The summed E-state index contributed by atoms with van der Waals surface area (Å²) in [6.07, 6.45) is 2.65. The summed E-state index contributed by atoms with van der Waals surface area (Å²) < 4.78 is 0. The van der Waals surface area contributed by atoms with E-state index in [4.69, 9.17) is 5.73 Å². The number of aryl methyl sites for hydroxylation is 1. The molecule has 3 heteroatoms. The number of nitrogens with two attached hydrogens (primary N) is 1. The molecule has 0 fully saturated rings. The summed E-state index contributed by atoms with van der Waals surface area (Å²) in [6, 6.07) is 10.1. The molecule has 2 N–H and O–H groups in total. The first-order valence-electron chi connectivity index (χ1n) is 5.44. The van der Waals surface area contributed by atoms with Crippen LogP contribution in [0.4, 0.5) is 0 Å². The summed E-state index contributed by atoms with van der Waals surface area (Å²) in [5.41, 5.74) is 8.80. The smallest absolute Gasteiger partial charge is 0.128 e. The minimum absolute atomic E-state index is 0.555. The molecule has 0 atom stereocenters. The normalized spacial score (nSPS) is 10.4. The predicted molar refractivity (Wildman–Crippen MR) is 64.7 cm³/mol. The zero-order valence-electron chi connectivity index (χ0n) is 9.35. The average molecular weight is 213 g/mol. The van der Waals surface area contributed by atoms with Crippen LogP contribution in [0, 0.1) is 0 Å². The van der Waals surface area contributed by atoms with Gasteiger partial charge in [0, 0.05) is 24.7 Å². The second-order valence-electron chi connectivity index (χ2n) is 3.62. The van der Waals surface area contributed by atoms with Gasteiger partial charge >= 0.3 is 0 Å². The number of nitrogens with zero attached hydrogens (tertiary/aromatic N) is 2. The van der Waals surface area contributed by atoms with Gasteiger partial charge in [-0.2, -0.15) is 0 Å². The van der Waals surface area contributed by atoms with Crippen LogP contribution < -0.4 is 5.73 Å². The maximum absolute atomic E-state index is 5.62. The first kappa shape index (κ1) is 10.8. The minimum atomic E-state index is 0.555. The third-order valence-corrected chi connectivity index (χ3v) is 2.48. The fraction of sp³-hybridized carbons (Fsp3) is 0.231. The van der Waals surface area contributed by atoms with E-state index in [1.165, 1.54) is 0 Å². The Kier molecular flexibility index (Phi) is 3.27. The van der Waals surface area contributed by atoms with Crippen LogP contribution >= 0.6 is 0 Å². The number of rotatable bonds is 3. The maximum Gasteiger partial charge on any atom is 0.128 e. The van der Waals surface area contributed by atoms with E-state index in [9.17, 15) is 0 Å². The molecule has 0 aliphatic heterocycles. The lowest BCUT2D eigenvalue weighted by Crippen LogP contribution is -1.97. The molecule has 0 bridgehead atoms. The van der Waals surface area contributed by atoms with Crippen LogP contribution in [0.2, 0.25) is 0 Å². The molecule has 0 aliphatic rings. The van der Waals surface area contributed by atoms with Gasteiger partial charge in [0.05, 0.1) is 5.69 Å². The van der Waals surface area contributed by atoms with Gasteiger partial charge in [0.1, 0.15) is 5.82 Å². The summed E-state index contributed by atoms with van der Waals surface area (Å²) in [5, 5.41) is 0. The molecular formula is C13H15N3. The molecule has 2 aromatic rings. The second-order valence-corrected chi connectivity index (χ2v) is 3.62. The fourth-order valence-electron chi connectivity index (χ4n) is 1.59. The highest BCUT2D eigenvalue weighted by atomic mass is 14.9. The van der Waals surface area contributed by atoms with Crippen LogP contribution in [0.15, 0.2) is 36.5 Å². The van der Waals surface area contributed by atoms with Gasteiger partial charge in [0.25, 0.3) is 0 Å². The monoisotopic (exact) mass is 213 g/mol. The number of benzene rings is 1. The van der Waals surface area contributed by atoms with Crippen molar-refractivity contribution in [2.75, 3.05) is 0 Å². The molecule has 0 radical (unpaired) electrons. The Balaban J connectivity index is 2.41. The molecule has 16 heavy (non-hydrogen) atoms. The highest BCUT2D eigenvalue weighted by Gasteiger charge is 2.01. The lowest BCUT2D eigenvalue weighted by molar-refractivity contribution is 0.943. The van der Waals surface area contributed by atoms with E-state index < -0.39 is 0 Å². The first-order chi connectivity index (χ1) is 7.83. The van der Waals surface area contributed by atoms with Crippen molar-refractivity contribution in [1.29, 1.82) is 0 Å². The van der Waals surface area contributed by atoms with Gasteiger partial charge in [-0.05, 0) is 17.7 Å². The standard InChI is InChI=1S/C13H15N3/c1-2-13-15-7-6-12(16-13)11-5-3-4-10(8-11)9-14/h3-8H,2,9,14H2,1H3. The zero-order chi connectivity index (χ0) is 11.4. The van der Waals surface area contributed by atoms with E-state index in [0.29, 0.717) is 6.54 Å². The molecule has 0 unspecified atom stereocenters. The van der Waals surface area contributed by atoms with Crippen LogP contribution in [-0.2, 0) is 13.0 Å². The minimum Gasteiger partial charge on any atom is -0.326 e. The van der Waals surface area contributed by atoms with Crippen molar-refractivity contribution in [2.45, 2.75) is 19.9 Å². The molecule has 0 aliphatic carbocycles. The van der Waals surface area contributed by atoms with E-state index in [1.54, 1.807) is 6.20 Å². The van der Waals surface area contributed by atoms with Crippen LogP contribution in [0.3, 0.4) is 0 Å². The van der Waals surface area contributed by atoms with E-state index in [1.807, 2.05) is 24.3 Å². The van der Waals surface area contributed by atoms with Crippen LogP contribution in [0.1, 0.15) is 18.3 Å². The highest BCUT2D eigenvalue weighted by Crippen LogP contribution is 2.17. The van der Waals surface area contributed by atoms with Crippen LogP contribution in [0.25, 0.3) is 11.3 Å². The topological polar surface area (TPSA) is 51.8 Å². The quantitative estimate of drug-likeness (QED) is 0.850. The Hall–Kier alpha value is -1.74. The van der Waals surface area contributed by atoms with Crippen molar-refractivity contribution in [3.63, 3.8) is 0 Å². The lowest BCUT2D eigenvalue weighted by atomic mass is 10.1. The summed E-state index contributed by atoms with van der Waals surface area (Å²) >= 11 is 0. The molecular weight excluding hydrogens is 198 g/mol. The van der Waals surface area contributed by atoms with Gasteiger partial charge < -0.3 is 5.73 Å². The first-order valence-corrected chi connectivity index (χ1v) is 5.44. The Morgan fingerprint density at radius 3 is 2.88 bits per heavy atom. The van der Waals surface area contributed by atoms with Crippen molar-refractivity contribution in [1.82, 2.24) is 9.97 Å². The summed E-state index contributed by atoms with van der Waals surface area (Å²) in [7, 11) is 0. The summed E-state index contributed by atoms with van der Waals surface area (Å²) in [4.78, 5) is 8.68. The largest absolute Gasteiger partial charge is 0.326 e. The van der Waals surface area contributed by atoms with Gasteiger partial charge in [-0.1, -0.05) is 25.1 Å². The van der Waals surface area contributed by atoms with E-state index in [2.05, 4.69) is 23.0 Å². The van der Waals surface area contributed by atoms with Crippen LogP contribution in [-0.4, -0.2) is 9.97 Å². The van der Waals surface area contributed by atoms with Crippen molar-refractivity contribution in [2.24, 2.45) is 5.73 Å². The molecule has 1 aromatic carbocycles.